The average Bonchev–Trinajstić information content (AvgIpc) is 2.33. The van der Waals surface area contributed by atoms with Gasteiger partial charge in [-0.15, -0.1) is 0 Å². The number of aryl methyl sites for hydroxylation is 1. The van der Waals surface area contributed by atoms with Gasteiger partial charge >= 0.3 is 0 Å². The maximum Gasteiger partial charge on any atom is 0.222 e. The van der Waals surface area contributed by atoms with E-state index in [2.05, 4.69) is 42.7 Å². The Kier molecular flexibility index (Phi) is 5.86. The molecular weight excluding hydrogens is 224 g/mol. The molecule has 3 nitrogen and oxygen atoms in total. The van der Waals surface area contributed by atoms with Crippen LogP contribution in [0, 0.1) is 19.8 Å². The first-order valence-electron chi connectivity index (χ1n) is 6.56. The fourth-order valence-corrected chi connectivity index (χ4v) is 1.70. The van der Waals surface area contributed by atoms with Gasteiger partial charge in [0.05, 0.1) is 0 Å². The van der Waals surface area contributed by atoms with Gasteiger partial charge in [0.25, 0.3) is 0 Å². The number of carbonyl (C=O) groups excluding carboxylic acids is 1. The second-order valence-electron chi connectivity index (χ2n) is 4.98. The van der Waals surface area contributed by atoms with Crippen molar-refractivity contribution in [1.82, 2.24) is 10.6 Å². The summed E-state index contributed by atoms with van der Waals surface area (Å²) in [5.41, 5.74) is 3.99. The van der Waals surface area contributed by atoms with Crippen LogP contribution in [0.15, 0.2) is 18.2 Å². The van der Waals surface area contributed by atoms with Crippen LogP contribution in [0.3, 0.4) is 0 Å². The van der Waals surface area contributed by atoms with Gasteiger partial charge in [-0.2, -0.15) is 0 Å². The van der Waals surface area contributed by atoms with Crippen LogP contribution in [-0.4, -0.2) is 19.0 Å². The van der Waals surface area contributed by atoms with Crippen LogP contribution in [-0.2, 0) is 11.3 Å². The lowest BCUT2D eigenvalue weighted by molar-refractivity contribution is -0.123. The molecule has 18 heavy (non-hydrogen) atoms. The predicted molar refractivity (Wildman–Crippen MR) is 75.5 cm³/mol. The Hall–Kier alpha value is -1.35. The van der Waals surface area contributed by atoms with Crippen LogP contribution >= 0.6 is 0 Å². The summed E-state index contributed by atoms with van der Waals surface area (Å²) in [4.78, 5) is 11.3. The van der Waals surface area contributed by atoms with E-state index < -0.39 is 0 Å². The Balaban J connectivity index is 2.26. The molecule has 100 valence electrons. The van der Waals surface area contributed by atoms with E-state index in [1.807, 2.05) is 13.8 Å². The molecule has 1 aromatic rings. The van der Waals surface area contributed by atoms with E-state index in [4.69, 9.17) is 0 Å². The Morgan fingerprint density at radius 3 is 2.61 bits per heavy atom. The molecule has 1 rings (SSSR count). The van der Waals surface area contributed by atoms with Gasteiger partial charge in [0.1, 0.15) is 0 Å². The Labute approximate surface area is 110 Å². The molecule has 3 heteroatoms. The molecule has 0 saturated heterocycles. The number of hydrogen-bond acceptors (Lipinski definition) is 2. The molecule has 0 aromatic heterocycles. The summed E-state index contributed by atoms with van der Waals surface area (Å²) in [6.07, 6.45) is 0. The highest BCUT2D eigenvalue weighted by Gasteiger charge is 2.04. The quantitative estimate of drug-likeness (QED) is 0.758. The van der Waals surface area contributed by atoms with E-state index in [0.29, 0.717) is 6.54 Å². The number of rotatable bonds is 6. The van der Waals surface area contributed by atoms with E-state index >= 15 is 0 Å². The van der Waals surface area contributed by atoms with Crippen LogP contribution in [0.1, 0.15) is 30.5 Å². The number of hydrogen-bond donors (Lipinski definition) is 2. The lowest BCUT2D eigenvalue weighted by Gasteiger charge is -2.11. The predicted octanol–water partition coefficient (Wildman–Crippen LogP) is 2.17. The molecule has 1 amide bonds. The van der Waals surface area contributed by atoms with Gasteiger partial charge < -0.3 is 10.6 Å². The molecule has 0 heterocycles. The first-order valence-corrected chi connectivity index (χ1v) is 6.56. The molecule has 2 N–H and O–H groups in total. The Morgan fingerprint density at radius 2 is 1.94 bits per heavy atom. The molecule has 0 bridgehead atoms. The maximum atomic E-state index is 11.3. The minimum atomic E-state index is 0.0593. The van der Waals surface area contributed by atoms with E-state index in [9.17, 15) is 4.79 Å². The molecule has 0 aliphatic carbocycles. The third kappa shape index (κ3) is 4.49. The minimum absolute atomic E-state index is 0.0593. The van der Waals surface area contributed by atoms with Gasteiger partial charge in [-0.3, -0.25) is 4.79 Å². The van der Waals surface area contributed by atoms with Crippen molar-refractivity contribution in [2.75, 3.05) is 13.1 Å². The Morgan fingerprint density at radius 1 is 1.22 bits per heavy atom. The van der Waals surface area contributed by atoms with Gasteiger partial charge in [0.15, 0.2) is 0 Å². The normalized spacial score (nSPS) is 10.7. The van der Waals surface area contributed by atoms with Crippen LogP contribution in [0.25, 0.3) is 0 Å². The van der Waals surface area contributed by atoms with Crippen molar-refractivity contribution in [2.24, 2.45) is 5.92 Å². The summed E-state index contributed by atoms with van der Waals surface area (Å²) in [5, 5.41) is 6.24. The maximum absolute atomic E-state index is 11.3. The zero-order valence-corrected chi connectivity index (χ0v) is 11.8. The van der Waals surface area contributed by atoms with Gasteiger partial charge in [-0.1, -0.05) is 32.0 Å². The Bertz CT molecular complexity index is 399. The van der Waals surface area contributed by atoms with Crippen molar-refractivity contribution >= 4 is 5.91 Å². The average molecular weight is 248 g/mol. The van der Waals surface area contributed by atoms with Crippen molar-refractivity contribution in [3.8, 4) is 0 Å². The summed E-state index contributed by atoms with van der Waals surface area (Å²) in [7, 11) is 0. The molecule has 0 fully saturated rings. The van der Waals surface area contributed by atoms with Gasteiger partial charge in [-0.05, 0) is 30.5 Å². The molecule has 0 radical (unpaired) electrons. The summed E-state index contributed by atoms with van der Waals surface area (Å²) < 4.78 is 0. The number of amides is 1. The zero-order chi connectivity index (χ0) is 13.5. The van der Waals surface area contributed by atoms with Crippen molar-refractivity contribution in [3.05, 3.63) is 34.9 Å². The first-order chi connectivity index (χ1) is 8.52. The van der Waals surface area contributed by atoms with Crippen molar-refractivity contribution < 1.29 is 4.79 Å². The lowest BCUT2D eigenvalue weighted by atomic mass is 10.0. The van der Waals surface area contributed by atoms with Gasteiger partial charge in [-0.25, -0.2) is 0 Å². The van der Waals surface area contributed by atoms with Crippen molar-refractivity contribution in [2.45, 2.75) is 34.2 Å². The van der Waals surface area contributed by atoms with E-state index in [0.717, 1.165) is 13.1 Å². The smallest absolute Gasteiger partial charge is 0.222 e. The summed E-state index contributed by atoms with van der Waals surface area (Å²) in [6, 6.07) is 6.35. The highest BCUT2D eigenvalue weighted by molar-refractivity contribution is 5.77. The van der Waals surface area contributed by atoms with Gasteiger partial charge in [0.2, 0.25) is 5.91 Å². The monoisotopic (exact) mass is 248 g/mol. The molecule has 0 spiro atoms. The van der Waals surface area contributed by atoms with Crippen molar-refractivity contribution in [1.29, 1.82) is 0 Å². The van der Waals surface area contributed by atoms with E-state index in [1.165, 1.54) is 16.7 Å². The summed E-state index contributed by atoms with van der Waals surface area (Å²) in [6.45, 7) is 10.4. The molecule has 0 aliphatic rings. The molecule has 0 atom stereocenters. The van der Waals surface area contributed by atoms with Crippen LogP contribution in [0.5, 0.6) is 0 Å². The highest BCUT2D eigenvalue weighted by Crippen LogP contribution is 2.11. The van der Waals surface area contributed by atoms with E-state index in [-0.39, 0.29) is 11.8 Å². The zero-order valence-electron chi connectivity index (χ0n) is 11.8. The highest BCUT2D eigenvalue weighted by atomic mass is 16.1. The fraction of sp³-hybridized carbons (Fsp3) is 0.533. The molecule has 0 saturated carbocycles. The first kappa shape index (κ1) is 14.7. The molecule has 0 unspecified atom stereocenters. The molecule has 1 aromatic carbocycles. The van der Waals surface area contributed by atoms with Crippen LogP contribution < -0.4 is 10.6 Å². The molecule has 0 aliphatic heterocycles. The second kappa shape index (κ2) is 7.17. The largest absolute Gasteiger partial charge is 0.355 e. The number of carbonyl (C=O) groups is 1. The number of benzene rings is 1. The minimum Gasteiger partial charge on any atom is -0.355 e. The number of nitrogens with one attached hydrogen (secondary N) is 2. The summed E-state index contributed by atoms with van der Waals surface area (Å²) in [5.74, 6) is 0.174. The standard InChI is InChI=1S/C15H24N2O/c1-11(2)15(18)17-9-8-16-10-14-7-5-6-12(3)13(14)4/h5-7,11,16H,8-10H2,1-4H3,(H,17,18). The van der Waals surface area contributed by atoms with Gasteiger partial charge in [0, 0.05) is 25.6 Å². The molecular formula is C15H24N2O. The third-order valence-corrected chi connectivity index (χ3v) is 3.16. The van der Waals surface area contributed by atoms with Crippen LogP contribution in [0.2, 0.25) is 0 Å². The third-order valence-electron chi connectivity index (χ3n) is 3.16. The second-order valence-corrected chi connectivity index (χ2v) is 4.98. The summed E-state index contributed by atoms with van der Waals surface area (Å²) >= 11 is 0. The topological polar surface area (TPSA) is 41.1 Å². The SMILES string of the molecule is Cc1cccc(CNCCNC(=O)C(C)C)c1C. The van der Waals surface area contributed by atoms with E-state index in [1.54, 1.807) is 0 Å². The lowest BCUT2D eigenvalue weighted by Crippen LogP contribution is -2.34. The van der Waals surface area contributed by atoms with Crippen molar-refractivity contribution in [3.63, 3.8) is 0 Å². The van der Waals surface area contributed by atoms with Crippen LogP contribution in [0.4, 0.5) is 0 Å². The fourth-order valence-electron chi connectivity index (χ4n) is 1.70.